The topological polar surface area (TPSA) is 46.5 Å². The SMILES string of the molecule is C=CCC(CCO)CCCOC(=O)C(=C)C. The van der Waals surface area contributed by atoms with E-state index in [4.69, 9.17) is 9.84 Å². The molecule has 0 amide bonds. The van der Waals surface area contributed by atoms with Crippen LogP contribution in [0.2, 0.25) is 0 Å². The number of rotatable bonds is 9. The molecule has 1 N–H and O–H groups in total. The number of carbonyl (C=O) groups is 1. The minimum atomic E-state index is -0.331. The van der Waals surface area contributed by atoms with Gasteiger partial charge in [0.25, 0.3) is 0 Å². The zero-order valence-corrected chi connectivity index (χ0v) is 10.1. The molecule has 92 valence electrons. The average molecular weight is 226 g/mol. The molecule has 0 heterocycles. The summed E-state index contributed by atoms with van der Waals surface area (Å²) in [5.74, 6) is 0.105. The monoisotopic (exact) mass is 226 g/mol. The van der Waals surface area contributed by atoms with E-state index >= 15 is 0 Å². The molecule has 0 aromatic rings. The summed E-state index contributed by atoms with van der Waals surface area (Å²) in [7, 11) is 0. The van der Waals surface area contributed by atoms with E-state index in [2.05, 4.69) is 13.2 Å². The summed E-state index contributed by atoms with van der Waals surface area (Å²) in [4.78, 5) is 11.1. The number of hydrogen-bond acceptors (Lipinski definition) is 3. The Labute approximate surface area is 97.8 Å². The second kappa shape index (κ2) is 9.16. The van der Waals surface area contributed by atoms with Gasteiger partial charge in [0, 0.05) is 12.2 Å². The Morgan fingerprint density at radius 1 is 1.50 bits per heavy atom. The molecule has 0 aliphatic heterocycles. The van der Waals surface area contributed by atoms with Crippen LogP contribution in [0.3, 0.4) is 0 Å². The van der Waals surface area contributed by atoms with Crippen LogP contribution in [0.25, 0.3) is 0 Å². The summed E-state index contributed by atoms with van der Waals surface area (Å²) in [6, 6.07) is 0. The van der Waals surface area contributed by atoms with E-state index in [0.717, 1.165) is 25.7 Å². The molecule has 1 atom stereocenters. The van der Waals surface area contributed by atoms with Crippen LogP contribution in [0.1, 0.15) is 32.6 Å². The molecule has 16 heavy (non-hydrogen) atoms. The van der Waals surface area contributed by atoms with Crippen molar-refractivity contribution in [3.05, 3.63) is 24.8 Å². The summed E-state index contributed by atoms with van der Waals surface area (Å²) in [6.07, 6.45) is 5.29. The normalized spacial score (nSPS) is 11.9. The third-order valence-electron chi connectivity index (χ3n) is 2.38. The number of aliphatic hydroxyl groups is 1. The molecule has 1 unspecified atom stereocenters. The van der Waals surface area contributed by atoms with Crippen molar-refractivity contribution in [2.45, 2.75) is 32.6 Å². The van der Waals surface area contributed by atoms with E-state index in [9.17, 15) is 4.79 Å². The first-order valence-corrected chi connectivity index (χ1v) is 5.66. The summed E-state index contributed by atoms with van der Waals surface area (Å²) in [5, 5.41) is 8.85. The van der Waals surface area contributed by atoms with Crippen LogP contribution >= 0.6 is 0 Å². The van der Waals surface area contributed by atoms with Gasteiger partial charge in [0.2, 0.25) is 0 Å². The van der Waals surface area contributed by atoms with Gasteiger partial charge in [-0.3, -0.25) is 0 Å². The summed E-state index contributed by atoms with van der Waals surface area (Å²) in [6.45, 7) is 9.44. The number of aliphatic hydroxyl groups excluding tert-OH is 1. The maximum atomic E-state index is 11.1. The van der Waals surface area contributed by atoms with E-state index in [-0.39, 0.29) is 12.6 Å². The molecule has 0 rings (SSSR count). The summed E-state index contributed by atoms with van der Waals surface area (Å²) < 4.78 is 4.98. The number of ether oxygens (including phenoxy) is 1. The highest BCUT2D eigenvalue weighted by atomic mass is 16.5. The number of hydrogen-bond donors (Lipinski definition) is 1. The van der Waals surface area contributed by atoms with Crippen molar-refractivity contribution in [1.82, 2.24) is 0 Å². The quantitative estimate of drug-likeness (QED) is 0.284. The Kier molecular flexibility index (Phi) is 8.53. The predicted octanol–water partition coefficient (Wildman–Crippen LogP) is 2.46. The zero-order valence-electron chi connectivity index (χ0n) is 10.1. The summed E-state index contributed by atoms with van der Waals surface area (Å²) >= 11 is 0. The molecule has 0 aliphatic carbocycles. The molecule has 0 aromatic heterocycles. The Morgan fingerprint density at radius 2 is 2.19 bits per heavy atom. The van der Waals surface area contributed by atoms with E-state index in [1.807, 2.05) is 6.08 Å². The fourth-order valence-electron chi connectivity index (χ4n) is 1.46. The van der Waals surface area contributed by atoms with Crippen molar-refractivity contribution >= 4 is 5.97 Å². The largest absolute Gasteiger partial charge is 0.462 e. The molecule has 0 aromatic carbocycles. The first-order valence-electron chi connectivity index (χ1n) is 5.66. The van der Waals surface area contributed by atoms with Crippen LogP contribution in [0.5, 0.6) is 0 Å². The van der Waals surface area contributed by atoms with Gasteiger partial charge >= 0.3 is 5.97 Å². The van der Waals surface area contributed by atoms with Crippen molar-refractivity contribution in [2.24, 2.45) is 5.92 Å². The number of esters is 1. The molecule has 0 spiro atoms. The van der Waals surface area contributed by atoms with Gasteiger partial charge in [-0.05, 0) is 38.5 Å². The van der Waals surface area contributed by atoms with Gasteiger partial charge in [0.15, 0.2) is 0 Å². The first kappa shape index (κ1) is 14.9. The highest BCUT2D eigenvalue weighted by Gasteiger charge is 2.07. The molecule has 0 bridgehead atoms. The van der Waals surface area contributed by atoms with Gasteiger partial charge in [0.1, 0.15) is 0 Å². The van der Waals surface area contributed by atoms with Gasteiger partial charge in [0.05, 0.1) is 6.61 Å². The zero-order chi connectivity index (χ0) is 12.4. The van der Waals surface area contributed by atoms with Gasteiger partial charge in [-0.15, -0.1) is 6.58 Å². The van der Waals surface area contributed by atoms with E-state index in [0.29, 0.717) is 18.1 Å². The molecule has 3 heteroatoms. The molecular weight excluding hydrogens is 204 g/mol. The maximum Gasteiger partial charge on any atom is 0.333 e. The van der Waals surface area contributed by atoms with Crippen molar-refractivity contribution in [3.63, 3.8) is 0 Å². The lowest BCUT2D eigenvalue weighted by atomic mass is 9.96. The van der Waals surface area contributed by atoms with Gasteiger partial charge in [-0.1, -0.05) is 12.7 Å². The van der Waals surface area contributed by atoms with Gasteiger partial charge in [-0.25, -0.2) is 4.79 Å². The lowest BCUT2D eigenvalue weighted by molar-refractivity contribution is -0.139. The minimum absolute atomic E-state index is 0.198. The van der Waals surface area contributed by atoms with E-state index in [1.54, 1.807) is 6.92 Å². The Balaban J connectivity index is 3.65. The highest BCUT2D eigenvalue weighted by Crippen LogP contribution is 2.15. The van der Waals surface area contributed by atoms with Crippen molar-refractivity contribution in [1.29, 1.82) is 0 Å². The van der Waals surface area contributed by atoms with Crippen molar-refractivity contribution in [2.75, 3.05) is 13.2 Å². The number of allylic oxidation sites excluding steroid dienone is 1. The fraction of sp³-hybridized carbons (Fsp3) is 0.615. The molecule has 0 fully saturated rings. The molecule has 0 radical (unpaired) electrons. The number of carbonyl (C=O) groups excluding carboxylic acids is 1. The van der Waals surface area contributed by atoms with Crippen molar-refractivity contribution in [3.8, 4) is 0 Å². The van der Waals surface area contributed by atoms with Gasteiger partial charge in [-0.2, -0.15) is 0 Å². The van der Waals surface area contributed by atoms with Crippen LogP contribution in [0.4, 0.5) is 0 Å². The van der Waals surface area contributed by atoms with Gasteiger partial charge < -0.3 is 9.84 Å². The average Bonchev–Trinajstić information content (AvgIpc) is 2.24. The van der Waals surface area contributed by atoms with E-state index < -0.39 is 0 Å². The lowest BCUT2D eigenvalue weighted by Crippen LogP contribution is -2.08. The standard InChI is InChI=1S/C13H22O3/c1-4-6-12(8-9-14)7-5-10-16-13(15)11(2)3/h4,12,14H,1-2,5-10H2,3H3. The van der Waals surface area contributed by atoms with Crippen LogP contribution in [-0.4, -0.2) is 24.3 Å². The van der Waals surface area contributed by atoms with Crippen LogP contribution in [0, 0.1) is 5.92 Å². The second-order valence-electron chi connectivity index (χ2n) is 3.96. The third-order valence-corrected chi connectivity index (χ3v) is 2.38. The van der Waals surface area contributed by atoms with E-state index in [1.165, 1.54) is 0 Å². The Hall–Kier alpha value is -1.09. The first-order chi connectivity index (χ1) is 7.61. The van der Waals surface area contributed by atoms with Crippen LogP contribution in [-0.2, 0) is 9.53 Å². The van der Waals surface area contributed by atoms with Crippen LogP contribution in [0.15, 0.2) is 24.8 Å². The molecule has 3 nitrogen and oxygen atoms in total. The second-order valence-corrected chi connectivity index (χ2v) is 3.96. The molecule has 0 aliphatic rings. The summed E-state index contributed by atoms with van der Waals surface area (Å²) in [5.41, 5.74) is 0.429. The Bertz CT molecular complexity index is 233. The maximum absolute atomic E-state index is 11.1. The molecule has 0 saturated carbocycles. The van der Waals surface area contributed by atoms with Crippen LogP contribution < -0.4 is 0 Å². The lowest BCUT2D eigenvalue weighted by Gasteiger charge is -2.13. The smallest absolute Gasteiger partial charge is 0.333 e. The minimum Gasteiger partial charge on any atom is -0.462 e. The molecule has 0 saturated heterocycles. The third kappa shape index (κ3) is 7.23. The fourth-order valence-corrected chi connectivity index (χ4v) is 1.46. The highest BCUT2D eigenvalue weighted by molar-refractivity contribution is 5.86. The molecular formula is C13H22O3. The van der Waals surface area contributed by atoms with Crippen molar-refractivity contribution < 1.29 is 14.6 Å². The Morgan fingerprint density at radius 3 is 2.69 bits per heavy atom. The predicted molar refractivity (Wildman–Crippen MR) is 65.0 cm³/mol.